The van der Waals surface area contributed by atoms with Crippen LogP contribution in [0.4, 0.5) is 0 Å². The number of benzene rings is 2. The summed E-state index contributed by atoms with van der Waals surface area (Å²) < 4.78 is 3.15. The SMILES string of the molecule is C=[CH][Ge]([c]1c(C)cc(C)cc1C)[c]1c(C)cc(C)cc1C. The maximum absolute atomic E-state index is 4.20. The molecule has 2 rings (SSSR count). The van der Waals surface area contributed by atoms with Crippen LogP contribution in [0.3, 0.4) is 0 Å². The fourth-order valence-corrected chi connectivity index (χ4v) is 9.09. The van der Waals surface area contributed by atoms with Crippen molar-refractivity contribution in [1.29, 1.82) is 0 Å². The van der Waals surface area contributed by atoms with Gasteiger partial charge < -0.3 is 0 Å². The maximum atomic E-state index is 4.20. The van der Waals surface area contributed by atoms with E-state index in [0.29, 0.717) is 0 Å². The molecule has 0 amide bonds. The minimum absolute atomic E-state index is 1.35. The van der Waals surface area contributed by atoms with Gasteiger partial charge in [-0.15, -0.1) is 0 Å². The van der Waals surface area contributed by atoms with Gasteiger partial charge in [-0.25, -0.2) is 0 Å². The summed E-state index contributed by atoms with van der Waals surface area (Å²) in [5, 5.41) is 0. The van der Waals surface area contributed by atoms with Gasteiger partial charge in [0.2, 0.25) is 0 Å². The average Bonchev–Trinajstić information content (AvgIpc) is 2.34. The molecule has 0 fully saturated rings. The molecule has 0 saturated carbocycles. The molecule has 0 aliphatic rings. The van der Waals surface area contributed by atoms with Crippen molar-refractivity contribution in [1.82, 2.24) is 0 Å². The quantitative estimate of drug-likeness (QED) is 0.746. The first-order chi connectivity index (χ1) is 9.85. The van der Waals surface area contributed by atoms with Crippen molar-refractivity contribution < 1.29 is 0 Å². The van der Waals surface area contributed by atoms with Crippen molar-refractivity contribution in [2.75, 3.05) is 0 Å². The molecule has 0 unspecified atom stereocenters. The molecule has 0 aromatic heterocycles. The van der Waals surface area contributed by atoms with E-state index in [1.165, 1.54) is 33.4 Å². The van der Waals surface area contributed by atoms with E-state index >= 15 is 0 Å². The Morgan fingerprint density at radius 3 is 1.19 bits per heavy atom. The van der Waals surface area contributed by atoms with Gasteiger partial charge in [-0.2, -0.15) is 0 Å². The first-order valence-corrected chi connectivity index (χ1v) is 10.8. The summed E-state index contributed by atoms with van der Waals surface area (Å²) in [6.07, 6.45) is 0. The zero-order valence-corrected chi connectivity index (χ0v) is 16.2. The zero-order valence-electron chi connectivity index (χ0n) is 14.1. The Hall–Kier alpha value is -1.28. The van der Waals surface area contributed by atoms with Crippen LogP contribution in [-0.2, 0) is 0 Å². The van der Waals surface area contributed by atoms with Gasteiger partial charge in [0.1, 0.15) is 0 Å². The second kappa shape index (κ2) is 6.23. The first kappa shape index (κ1) is 16.1. The second-order valence-electron chi connectivity index (χ2n) is 6.17. The minimum atomic E-state index is -1.69. The van der Waals surface area contributed by atoms with Gasteiger partial charge in [-0.3, -0.25) is 0 Å². The molecular weight excluding hydrogens is 313 g/mol. The van der Waals surface area contributed by atoms with Gasteiger partial charge in [-0.1, -0.05) is 0 Å². The molecule has 0 atom stereocenters. The van der Waals surface area contributed by atoms with E-state index in [4.69, 9.17) is 0 Å². The number of hydrogen-bond donors (Lipinski definition) is 0. The van der Waals surface area contributed by atoms with Gasteiger partial charge >= 0.3 is 134 Å². The fraction of sp³-hybridized carbons (Fsp3) is 0.300. The zero-order chi connectivity index (χ0) is 15.7. The average molecular weight is 338 g/mol. The molecule has 21 heavy (non-hydrogen) atoms. The van der Waals surface area contributed by atoms with E-state index in [2.05, 4.69) is 77.3 Å². The van der Waals surface area contributed by atoms with Crippen LogP contribution in [0.5, 0.6) is 0 Å². The van der Waals surface area contributed by atoms with Crippen molar-refractivity contribution in [2.45, 2.75) is 41.5 Å². The molecule has 0 nitrogen and oxygen atoms in total. The van der Waals surface area contributed by atoms with E-state index < -0.39 is 14.3 Å². The normalized spacial score (nSPS) is 11.0. The Balaban J connectivity index is 2.69. The summed E-state index contributed by atoms with van der Waals surface area (Å²) in [5.41, 5.74) is 8.44. The number of hydrogen-bond acceptors (Lipinski definition) is 0. The number of rotatable bonds is 3. The standard InChI is InChI=1S/C20H25Ge/c1-8-21(19-15(4)9-13(2)10-16(19)5)20-17(6)11-14(3)12-18(20)7/h8-12H,1H2,2-7H3. The van der Waals surface area contributed by atoms with E-state index in [1.807, 2.05) is 0 Å². The van der Waals surface area contributed by atoms with Crippen LogP contribution < -0.4 is 8.79 Å². The summed E-state index contributed by atoms with van der Waals surface area (Å²) >= 11 is -1.69. The Morgan fingerprint density at radius 2 is 0.952 bits per heavy atom. The Bertz CT molecular complexity index is 591. The van der Waals surface area contributed by atoms with Crippen LogP contribution in [0.1, 0.15) is 33.4 Å². The van der Waals surface area contributed by atoms with E-state index in [9.17, 15) is 0 Å². The fourth-order valence-electron chi connectivity index (χ4n) is 3.54. The van der Waals surface area contributed by atoms with Crippen LogP contribution in [0.25, 0.3) is 0 Å². The Morgan fingerprint density at radius 1 is 0.667 bits per heavy atom. The third-order valence-corrected chi connectivity index (χ3v) is 10.5. The summed E-state index contributed by atoms with van der Waals surface area (Å²) in [6, 6.07) is 9.27. The predicted octanol–water partition coefficient (Wildman–Crippen LogP) is 3.87. The molecule has 1 radical (unpaired) electrons. The molecule has 109 valence electrons. The molecule has 1 heteroatoms. The summed E-state index contributed by atoms with van der Waals surface area (Å²) in [4.78, 5) is 2.26. The van der Waals surface area contributed by atoms with Crippen LogP contribution in [0, 0.1) is 41.5 Å². The van der Waals surface area contributed by atoms with Crippen LogP contribution in [0.2, 0.25) is 0 Å². The van der Waals surface area contributed by atoms with Crippen LogP contribution in [-0.4, -0.2) is 14.3 Å². The molecule has 0 heterocycles. The van der Waals surface area contributed by atoms with Crippen LogP contribution >= 0.6 is 0 Å². The van der Waals surface area contributed by atoms with E-state index in [-0.39, 0.29) is 0 Å². The van der Waals surface area contributed by atoms with Crippen molar-refractivity contribution in [3.63, 3.8) is 0 Å². The van der Waals surface area contributed by atoms with Gasteiger partial charge in [0.05, 0.1) is 0 Å². The third kappa shape index (κ3) is 3.16. The first-order valence-electron chi connectivity index (χ1n) is 7.51. The molecule has 0 saturated heterocycles. The van der Waals surface area contributed by atoms with Gasteiger partial charge in [-0.05, 0) is 0 Å². The molecule has 2 aromatic rings. The Kier molecular flexibility index (Phi) is 4.78. The van der Waals surface area contributed by atoms with E-state index in [1.54, 1.807) is 8.79 Å². The second-order valence-corrected chi connectivity index (χ2v) is 10.9. The monoisotopic (exact) mass is 339 g/mol. The molecule has 0 aliphatic heterocycles. The molecule has 0 spiro atoms. The van der Waals surface area contributed by atoms with Gasteiger partial charge in [0.25, 0.3) is 0 Å². The van der Waals surface area contributed by atoms with Crippen LogP contribution in [0.15, 0.2) is 35.8 Å². The molecule has 2 aromatic carbocycles. The van der Waals surface area contributed by atoms with Crippen molar-refractivity contribution >= 4 is 23.1 Å². The van der Waals surface area contributed by atoms with Crippen molar-refractivity contribution in [2.24, 2.45) is 0 Å². The molecular formula is C20H25Ge. The predicted molar refractivity (Wildman–Crippen MR) is 96.5 cm³/mol. The van der Waals surface area contributed by atoms with Gasteiger partial charge in [0, 0.05) is 0 Å². The number of aryl methyl sites for hydroxylation is 6. The van der Waals surface area contributed by atoms with Crippen molar-refractivity contribution in [3.8, 4) is 0 Å². The summed E-state index contributed by atoms with van der Waals surface area (Å²) in [5.74, 6) is 0. The Labute approximate surface area is 134 Å². The van der Waals surface area contributed by atoms with Crippen molar-refractivity contribution in [3.05, 3.63) is 69.1 Å². The topological polar surface area (TPSA) is 0 Å². The van der Waals surface area contributed by atoms with E-state index in [0.717, 1.165) is 0 Å². The summed E-state index contributed by atoms with van der Waals surface area (Å²) in [7, 11) is 0. The molecule has 0 N–H and O–H groups in total. The molecule has 0 aliphatic carbocycles. The van der Waals surface area contributed by atoms with Gasteiger partial charge in [0.15, 0.2) is 0 Å². The summed E-state index contributed by atoms with van der Waals surface area (Å²) in [6.45, 7) is 17.6. The third-order valence-electron chi connectivity index (χ3n) is 4.10. The molecule has 0 bridgehead atoms.